The van der Waals surface area contributed by atoms with Crippen LogP contribution >= 0.6 is 0 Å². The second-order valence-corrected chi connectivity index (χ2v) is 3.44. The first-order valence-electron chi connectivity index (χ1n) is 5.28. The molecular weight excluding hydrogens is 222 g/mol. The van der Waals surface area contributed by atoms with Gasteiger partial charge < -0.3 is 19.9 Å². The van der Waals surface area contributed by atoms with Gasteiger partial charge in [0, 0.05) is 25.8 Å². The van der Waals surface area contributed by atoms with E-state index in [1.54, 1.807) is 25.3 Å². The highest BCUT2D eigenvalue weighted by atomic mass is 16.5. The fraction of sp³-hybridized carbons (Fsp3) is 0.417. The molecule has 0 spiro atoms. The van der Waals surface area contributed by atoms with E-state index in [9.17, 15) is 4.79 Å². The van der Waals surface area contributed by atoms with Crippen LogP contribution in [0.3, 0.4) is 0 Å². The Kier molecular flexibility index (Phi) is 5.29. The highest BCUT2D eigenvalue weighted by Gasteiger charge is 2.12. The van der Waals surface area contributed by atoms with E-state index in [0.29, 0.717) is 36.6 Å². The molecule has 5 nitrogen and oxygen atoms in total. The molecule has 0 unspecified atom stereocenters. The van der Waals surface area contributed by atoms with Crippen molar-refractivity contribution in [3.63, 3.8) is 0 Å². The summed E-state index contributed by atoms with van der Waals surface area (Å²) in [6.45, 7) is 0.865. The van der Waals surface area contributed by atoms with Crippen LogP contribution in [0.15, 0.2) is 18.2 Å². The highest BCUT2D eigenvalue weighted by Crippen LogP contribution is 2.20. The van der Waals surface area contributed by atoms with Crippen LogP contribution < -0.4 is 10.5 Å². The van der Waals surface area contributed by atoms with Crippen molar-refractivity contribution in [2.24, 2.45) is 0 Å². The van der Waals surface area contributed by atoms with Crippen LogP contribution in [-0.4, -0.2) is 33.4 Å². The fourth-order valence-corrected chi connectivity index (χ4v) is 1.29. The summed E-state index contributed by atoms with van der Waals surface area (Å²) in [4.78, 5) is 11.7. The van der Waals surface area contributed by atoms with Gasteiger partial charge in [-0.05, 0) is 18.2 Å². The first-order chi connectivity index (χ1) is 8.19. The normalized spacial score (nSPS) is 10.0. The third kappa shape index (κ3) is 3.96. The summed E-state index contributed by atoms with van der Waals surface area (Å²) >= 11 is 0. The van der Waals surface area contributed by atoms with Gasteiger partial charge in [0.2, 0.25) is 0 Å². The standard InChI is InChI=1S/C12H17NO4/c1-15-6-3-7-17-12(14)10-8-9(16-2)4-5-11(10)13/h4-5,8H,3,6-7,13H2,1-2H3. The number of methoxy groups -OCH3 is 2. The van der Waals surface area contributed by atoms with E-state index in [4.69, 9.17) is 19.9 Å². The summed E-state index contributed by atoms with van der Waals surface area (Å²) in [5.41, 5.74) is 6.39. The second-order valence-electron chi connectivity index (χ2n) is 3.44. The monoisotopic (exact) mass is 239 g/mol. The number of hydrogen-bond donors (Lipinski definition) is 1. The number of rotatable bonds is 6. The van der Waals surface area contributed by atoms with Crippen molar-refractivity contribution in [1.29, 1.82) is 0 Å². The third-order valence-electron chi connectivity index (χ3n) is 2.21. The number of hydrogen-bond acceptors (Lipinski definition) is 5. The average molecular weight is 239 g/mol. The molecule has 94 valence electrons. The Bertz CT molecular complexity index is 379. The number of benzene rings is 1. The van der Waals surface area contributed by atoms with Gasteiger partial charge in [0.25, 0.3) is 0 Å². The summed E-state index contributed by atoms with van der Waals surface area (Å²) in [6.07, 6.45) is 0.659. The molecule has 0 saturated heterocycles. The molecule has 0 aromatic heterocycles. The van der Waals surface area contributed by atoms with Crippen LogP contribution in [0.25, 0.3) is 0 Å². The van der Waals surface area contributed by atoms with Gasteiger partial charge in [0.05, 0.1) is 19.3 Å². The number of ether oxygens (including phenoxy) is 3. The number of carbonyl (C=O) groups is 1. The summed E-state index contributed by atoms with van der Waals surface area (Å²) in [7, 11) is 3.13. The Labute approximate surface area is 100 Å². The Balaban J connectivity index is 2.61. The Hall–Kier alpha value is -1.75. The van der Waals surface area contributed by atoms with E-state index < -0.39 is 5.97 Å². The Morgan fingerprint density at radius 2 is 2.06 bits per heavy atom. The van der Waals surface area contributed by atoms with Gasteiger partial charge in [-0.15, -0.1) is 0 Å². The van der Waals surface area contributed by atoms with Crippen LogP contribution in [0.2, 0.25) is 0 Å². The zero-order chi connectivity index (χ0) is 12.7. The minimum atomic E-state index is -0.447. The lowest BCUT2D eigenvalue weighted by Crippen LogP contribution is -2.10. The molecule has 0 atom stereocenters. The SMILES string of the molecule is COCCCOC(=O)c1cc(OC)ccc1N. The van der Waals surface area contributed by atoms with Crippen molar-refractivity contribution in [1.82, 2.24) is 0 Å². The number of nitrogens with two attached hydrogens (primary N) is 1. The van der Waals surface area contributed by atoms with Crippen molar-refractivity contribution in [2.75, 3.05) is 33.2 Å². The maximum atomic E-state index is 11.7. The molecule has 1 rings (SSSR count). The molecule has 1 aromatic carbocycles. The Morgan fingerprint density at radius 1 is 1.29 bits per heavy atom. The average Bonchev–Trinajstić information content (AvgIpc) is 2.35. The van der Waals surface area contributed by atoms with Gasteiger partial charge in [-0.2, -0.15) is 0 Å². The molecule has 0 saturated carbocycles. The molecule has 0 heterocycles. The molecular formula is C12H17NO4. The van der Waals surface area contributed by atoms with Crippen LogP contribution in [0.4, 0.5) is 5.69 Å². The number of anilines is 1. The first kappa shape index (κ1) is 13.3. The molecule has 0 radical (unpaired) electrons. The lowest BCUT2D eigenvalue weighted by Gasteiger charge is -2.08. The molecule has 0 amide bonds. The molecule has 17 heavy (non-hydrogen) atoms. The lowest BCUT2D eigenvalue weighted by molar-refractivity contribution is 0.0469. The molecule has 0 aliphatic heterocycles. The lowest BCUT2D eigenvalue weighted by atomic mass is 10.2. The van der Waals surface area contributed by atoms with Crippen LogP contribution in [0.1, 0.15) is 16.8 Å². The molecule has 0 fully saturated rings. The number of carbonyl (C=O) groups excluding carboxylic acids is 1. The largest absolute Gasteiger partial charge is 0.497 e. The highest BCUT2D eigenvalue weighted by molar-refractivity contribution is 5.95. The smallest absolute Gasteiger partial charge is 0.340 e. The van der Waals surface area contributed by atoms with E-state index >= 15 is 0 Å². The van der Waals surface area contributed by atoms with E-state index in [2.05, 4.69) is 0 Å². The maximum Gasteiger partial charge on any atom is 0.340 e. The zero-order valence-electron chi connectivity index (χ0n) is 10.1. The quantitative estimate of drug-likeness (QED) is 0.462. The van der Waals surface area contributed by atoms with E-state index in [0.717, 1.165) is 0 Å². The predicted molar refractivity (Wildman–Crippen MR) is 64.2 cm³/mol. The second kappa shape index (κ2) is 6.75. The molecule has 0 aliphatic carbocycles. The van der Waals surface area contributed by atoms with Crippen molar-refractivity contribution in [3.05, 3.63) is 23.8 Å². The van der Waals surface area contributed by atoms with E-state index in [-0.39, 0.29) is 0 Å². The summed E-state index contributed by atoms with van der Waals surface area (Å²) < 4.78 is 14.9. The van der Waals surface area contributed by atoms with Gasteiger partial charge in [0.15, 0.2) is 0 Å². The van der Waals surface area contributed by atoms with Crippen molar-refractivity contribution >= 4 is 11.7 Å². The number of nitrogen functional groups attached to an aromatic ring is 1. The molecule has 0 bridgehead atoms. The van der Waals surface area contributed by atoms with Gasteiger partial charge >= 0.3 is 5.97 Å². The summed E-state index contributed by atoms with van der Waals surface area (Å²) in [5, 5.41) is 0. The fourth-order valence-electron chi connectivity index (χ4n) is 1.29. The van der Waals surface area contributed by atoms with E-state index in [1.165, 1.54) is 7.11 Å². The molecule has 2 N–H and O–H groups in total. The van der Waals surface area contributed by atoms with E-state index in [1.807, 2.05) is 0 Å². The number of esters is 1. The first-order valence-corrected chi connectivity index (χ1v) is 5.28. The van der Waals surface area contributed by atoms with Gasteiger partial charge in [-0.25, -0.2) is 4.79 Å². The Morgan fingerprint density at radius 3 is 2.71 bits per heavy atom. The minimum absolute atomic E-state index is 0.309. The zero-order valence-corrected chi connectivity index (χ0v) is 10.1. The van der Waals surface area contributed by atoms with Crippen LogP contribution in [-0.2, 0) is 9.47 Å². The van der Waals surface area contributed by atoms with Crippen molar-refractivity contribution in [3.8, 4) is 5.75 Å². The van der Waals surface area contributed by atoms with Crippen molar-refractivity contribution in [2.45, 2.75) is 6.42 Å². The topological polar surface area (TPSA) is 70.8 Å². The van der Waals surface area contributed by atoms with Gasteiger partial charge in [0.1, 0.15) is 5.75 Å². The maximum absolute atomic E-state index is 11.7. The van der Waals surface area contributed by atoms with Gasteiger partial charge in [-0.1, -0.05) is 0 Å². The van der Waals surface area contributed by atoms with Crippen molar-refractivity contribution < 1.29 is 19.0 Å². The molecule has 1 aromatic rings. The van der Waals surface area contributed by atoms with Crippen LogP contribution in [0, 0.1) is 0 Å². The predicted octanol–water partition coefficient (Wildman–Crippen LogP) is 1.47. The minimum Gasteiger partial charge on any atom is -0.497 e. The third-order valence-corrected chi connectivity index (χ3v) is 2.21. The van der Waals surface area contributed by atoms with Crippen LogP contribution in [0.5, 0.6) is 5.75 Å². The summed E-state index contributed by atoms with van der Waals surface area (Å²) in [5.74, 6) is 0.126. The summed E-state index contributed by atoms with van der Waals surface area (Å²) in [6, 6.07) is 4.87. The van der Waals surface area contributed by atoms with Gasteiger partial charge in [-0.3, -0.25) is 0 Å². The molecule has 0 aliphatic rings. The molecule has 5 heteroatoms.